The zero-order valence-corrected chi connectivity index (χ0v) is 14.6. The second-order valence-electron chi connectivity index (χ2n) is 5.00. The zero-order valence-electron chi connectivity index (χ0n) is 13.0. The fraction of sp³-hybridized carbons (Fsp3) is 0.692. The molecule has 1 fully saturated rings. The van der Waals surface area contributed by atoms with Crippen molar-refractivity contribution in [2.24, 2.45) is 4.99 Å². The van der Waals surface area contributed by atoms with Gasteiger partial charge in [0.15, 0.2) is 5.96 Å². The van der Waals surface area contributed by atoms with Gasteiger partial charge in [0.05, 0.1) is 12.3 Å². The summed E-state index contributed by atoms with van der Waals surface area (Å²) >= 11 is 1.69. The number of hydrogen-bond acceptors (Lipinski definition) is 5. The number of aliphatic imine (C=N–C) groups is 1. The van der Waals surface area contributed by atoms with Crippen molar-refractivity contribution in [2.45, 2.75) is 26.3 Å². The highest BCUT2D eigenvalue weighted by atomic mass is 32.2. The predicted octanol–water partition coefficient (Wildman–Crippen LogP) is 0.406. The molecular formula is C13H23N5O2S2. The maximum absolute atomic E-state index is 11.7. The molecule has 22 heavy (non-hydrogen) atoms. The SMILES string of the molecule is CCc1cnc(CNC(=NC)NCCN2CCCS2(=O)=O)s1. The van der Waals surface area contributed by atoms with E-state index < -0.39 is 10.0 Å². The third-order valence-corrected chi connectivity index (χ3v) is 6.54. The Morgan fingerprint density at radius 1 is 1.50 bits per heavy atom. The van der Waals surface area contributed by atoms with Crippen molar-refractivity contribution < 1.29 is 8.42 Å². The molecule has 7 nitrogen and oxygen atoms in total. The first kappa shape index (κ1) is 17.2. The predicted molar refractivity (Wildman–Crippen MR) is 89.7 cm³/mol. The first-order valence-electron chi connectivity index (χ1n) is 7.41. The van der Waals surface area contributed by atoms with E-state index >= 15 is 0 Å². The van der Waals surface area contributed by atoms with Gasteiger partial charge in [-0.25, -0.2) is 17.7 Å². The van der Waals surface area contributed by atoms with E-state index in [-0.39, 0.29) is 5.75 Å². The highest BCUT2D eigenvalue weighted by Crippen LogP contribution is 2.13. The molecule has 9 heteroatoms. The topological polar surface area (TPSA) is 86.7 Å². The lowest BCUT2D eigenvalue weighted by Gasteiger charge is -2.16. The van der Waals surface area contributed by atoms with Crippen LogP contribution in [0.2, 0.25) is 0 Å². The minimum absolute atomic E-state index is 0.268. The molecule has 0 radical (unpaired) electrons. The van der Waals surface area contributed by atoms with Gasteiger partial charge in [0, 0.05) is 37.8 Å². The van der Waals surface area contributed by atoms with Crippen LogP contribution < -0.4 is 10.6 Å². The van der Waals surface area contributed by atoms with Gasteiger partial charge in [-0.1, -0.05) is 6.92 Å². The van der Waals surface area contributed by atoms with E-state index in [2.05, 4.69) is 27.5 Å². The lowest BCUT2D eigenvalue weighted by molar-refractivity contribution is 0.445. The second kappa shape index (κ2) is 7.89. The molecule has 0 saturated carbocycles. The first-order valence-corrected chi connectivity index (χ1v) is 9.83. The van der Waals surface area contributed by atoms with Crippen LogP contribution in [0.1, 0.15) is 23.2 Å². The summed E-state index contributed by atoms with van der Waals surface area (Å²) in [6, 6.07) is 0. The Balaban J connectivity index is 1.73. The molecule has 0 aromatic carbocycles. The van der Waals surface area contributed by atoms with Crippen molar-refractivity contribution in [1.29, 1.82) is 0 Å². The molecule has 0 unspecified atom stereocenters. The smallest absolute Gasteiger partial charge is 0.214 e. The molecule has 124 valence electrons. The summed E-state index contributed by atoms with van der Waals surface area (Å²) in [5.41, 5.74) is 0. The van der Waals surface area contributed by atoms with Crippen molar-refractivity contribution in [3.05, 3.63) is 16.1 Å². The van der Waals surface area contributed by atoms with Gasteiger partial charge in [0.2, 0.25) is 10.0 Å². The normalized spacial score (nSPS) is 18.5. The molecule has 1 saturated heterocycles. The van der Waals surface area contributed by atoms with Gasteiger partial charge in [-0.2, -0.15) is 0 Å². The average Bonchev–Trinajstić information content (AvgIpc) is 3.09. The standard InChI is InChI=1S/C13H23N5O2S2/c1-3-11-9-16-12(21-11)10-17-13(14-2)15-5-7-18-6-4-8-22(18,19)20/h9H,3-8,10H2,1-2H3,(H2,14,15,17). The van der Waals surface area contributed by atoms with E-state index in [0.717, 1.165) is 17.8 Å². The van der Waals surface area contributed by atoms with Crippen LogP contribution in [0.4, 0.5) is 0 Å². The van der Waals surface area contributed by atoms with E-state index in [1.165, 1.54) is 9.18 Å². The van der Waals surface area contributed by atoms with Crippen molar-refractivity contribution in [3.8, 4) is 0 Å². The highest BCUT2D eigenvalue weighted by molar-refractivity contribution is 7.89. The Morgan fingerprint density at radius 2 is 2.32 bits per heavy atom. The molecule has 1 aromatic rings. The Hall–Kier alpha value is -1.19. The van der Waals surface area contributed by atoms with Crippen LogP contribution >= 0.6 is 11.3 Å². The van der Waals surface area contributed by atoms with Crippen LogP contribution in [0.25, 0.3) is 0 Å². The molecule has 0 amide bonds. The van der Waals surface area contributed by atoms with Gasteiger partial charge in [-0.15, -0.1) is 11.3 Å². The Labute approximate surface area is 135 Å². The number of hydrogen-bond donors (Lipinski definition) is 2. The molecule has 2 N–H and O–H groups in total. The number of guanidine groups is 1. The quantitative estimate of drug-likeness (QED) is 0.576. The second-order valence-corrected chi connectivity index (χ2v) is 8.28. The minimum Gasteiger partial charge on any atom is -0.355 e. The number of rotatable bonds is 6. The fourth-order valence-corrected chi connectivity index (χ4v) is 4.55. The maximum atomic E-state index is 11.7. The molecule has 1 aliphatic rings. The van der Waals surface area contributed by atoms with E-state index in [9.17, 15) is 8.42 Å². The molecular weight excluding hydrogens is 322 g/mol. The summed E-state index contributed by atoms with van der Waals surface area (Å²) in [6.07, 6.45) is 3.62. The Bertz CT molecular complexity index is 612. The molecule has 1 aliphatic heterocycles. The molecule has 0 bridgehead atoms. The summed E-state index contributed by atoms with van der Waals surface area (Å²) in [5, 5.41) is 7.34. The monoisotopic (exact) mass is 345 g/mol. The van der Waals surface area contributed by atoms with Gasteiger partial charge in [-0.3, -0.25) is 4.99 Å². The average molecular weight is 345 g/mol. The van der Waals surface area contributed by atoms with Crippen LogP contribution in [-0.4, -0.2) is 56.1 Å². The van der Waals surface area contributed by atoms with Crippen LogP contribution in [0.3, 0.4) is 0 Å². The van der Waals surface area contributed by atoms with Crippen molar-refractivity contribution >= 4 is 27.3 Å². The van der Waals surface area contributed by atoms with E-state index in [0.29, 0.717) is 32.1 Å². The minimum atomic E-state index is -3.02. The van der Waals surface area contributed by atoms with Crippen molar-refractivity contribution in [3.63, 3.8) is 0 Å². The van der Waals surface area contributed by atoms with Gasteiger partial charge < -0.3 is 10.6 Å². The molecule has 0 spiro atoms. The van der Waals surface area contributed by atoms with Gasteiger partial charge >= 0.3 is 0 Å². The molecule has 2 rings (SSSR count). The summed E-state index contributed by atoms with van der Waals surface area (Å²) in [4.78, 5) is 9.74. The fourth-order valence-electron chi connectivity index (χ4n) is 2.21. The Kier molecular flexibility index (Phi) is 6.16. The van der Waals surface area contributed by atoms with E-state index in [4.69, 9.17) is 0 Å². The van der Waals surface area contributed by atoms with Crippen LogP contribution in [0.15, 0.2) is 11.2 Å². The van der Waals surface area contributed by atoms with Gasteiger partial charge in [0.1, 0.15) is 5.01 Å². The highest BCUT2D eigenvalue weighted by Gasteiger charge is 2.27. The van der Waals surface area contributed by atoms with Crippen LogP contribution in [0, 0.1) is 0 Å². The van der Waals surface area contributed by atoms with E-state index in [1.807, 2.05) is 6.20 Å². The Morgan fingerprint density at radius 3 is 2.91 bits per heavy atom. The summed E-state index contributed by atoms with van der Waals surface area (Å²) in [6.45, 7) is 4.36. The largest absolute Gasteiger partial charge is 0.355 e. The van der Waals surface area contributed by atoms with Gasteiger partial charge in [0.25, 0.3) is 0 Å². The summed E-state index contributed by atoms with van der Waals surface area (Å²) < 4.78 is 24.9. The lowest BCUT2D eigenvalue weighted by atomic mass is 10.4. The molecule has 0 aliphatic carbocycles. The lowest BCUT2D eigenvalue weighted by Crippen LogP contribution is -2.41. The first-order chi connectivity index (χ1) is 10.5. The zero-order chi connectivity index (χ0) is 16.0. The number of nitrogens with zero attached hydrogens (tertiary/aromatic N) is 3. The molecule has 0 atom stereocenters. The van der Waals surface area contributed by atoms with Crippen LogP contribution in [0.5, 0.6) is 0 Å². The van der Waals surface area contributed by atoms with E-state index in [1.54, 1.807) is 18.4 Å². The maximum Gasteiger partial charge on any atom is 0.214 e. The van der Waals surface area contributed by atoms with Crippen molar-refractivity contribution in [2.75, 3.05) is 32.4 Å². The van der Waals surface area contributed by atoms with Gasteiger partial charge in [-0.05, 0) is 12.8 Å². The third kappa shape index (κ3) is 4.65. The third-order valence-electron chi connectivity index (χ3n) is 3.44. The molecule has 1 aromatic heterocycles. The number of aromatic nitrogens is 1. The molecule has 2 heterocycles. The summed E-state index contributed by atoms with van der Waals surface area (Å²) in [5.74, 6) is 0.925. The summed E-state index contributed by atoms with van der Waals surface area (Å²) in [7, 11) is -1.33. The van der Waals surface area contributed by atoms with Crippen LogP contribution in [-0.2, 0) is 23.0 Å². The number of sulfonamides is 1. The number of aryl methyl sites for hydroxylation is 1. The number of thiazole rings is 1. The number of nitrogens with one attached hydrogen (secondary N) is 2. The van der Waals surface area contributed by atoms with Crippen molar-refractivity contribution in [1.82, 2.24) is 19.9 Å².